The monoisotopic (exact) mass is 290 g/mol. The van der Waals surface area contributed by atoms with Crippen LogP contribution in [0.3, 0.4) is 0 Å². The number of nitrogens with one attached hydrogen (secondary N) is 1. The van der Waals surface area contributed by atoms with E-state index in [2.05, 4.69) is 5.32 Å². The number of hydrogen-bond donors (Lipinski definition) is 2. The molecule has 0 aliphatic carbocycles. The van der Waals surface area contributed by atoms with Gasteiger partial charge in [-0.15, -0.1) is 0 Å². The predicted molar refractivity (Wildman–Crippen MR) is 70.7 cm³/mol. The zero-order valence-corrected chi connectivity index (χ0v) is 11.2. The van der Waals surface area contributed by atoms with Crippen LogP contribution in [0, 0.1) is 0 Å². The highest BCUT2D eigenvalue weighted by atomic mass is 35.5. The van der Waals surface area contributed by atoms with Gasteiger partial charge in [-0.05, 0) is 17.7 Å². The summed E-state index contributed by atoms with van der Waals surface area (Å²) in [6, 6.07) is 5.27. The maximum atomic E-state index is 14.0. The van der Waals surface area contributed by atoms with Crippen LogP contribution in [-0.2, 0) is 0 Å². The fraction of sp³-hybridized carbons (Fsp3) is 0.538. The van der Waals surface area contributed by atoms with Gasteiger partial charge in [0.15, 0.2) is 0 Å². The van der Waals surface area contributed by atoms with E-state index in [0.717, 1.165) is 0 Å². The highest BCUT2D eigenvalue weighted by Gasteiger charge is 2.43. The first kappa shape index (κ1) is 14.7. The van der Waals surface area contributed by atoms with Gasteiger partial charge in [0.05, 0.1) is 0 Å². The van der Waals surface area contributed by atoms with Crippen LogP contribution in [0.5, 0.6) is 0 Å². The van der Waals surface area contributed by atoms with Crippen LogP contribution in [0.25, 0.3) is 0 Å². The Bertz CT molecular complexity index is 408. The van der Waals surface area contributed by atoms with Crippen molar-refractivity contribution in [1.82, 2.24) is 10.2 Å². The number of nitrogens with zero attached hydrogens (tertiary/aromatic N) is 1. The molecule has 0 amide bonds. The first-order chi connectivity index (χ1) is 9.04. The van der Waals surface area contributed by atoms with Crippen molar-refractivity contribution in [3.05, 3.63) is 34.9 Å². The molecule has 1 fully saturated rings. The largest absolute Gasteiger partial charge is 0.390 e. The third kappa shape index (κ3) is 3.42. The highest BCUT2D eigenvalue weighted by molar-refractivity contribution is 6.30. The van der Waals surface area contributed by atoms with Crippen molar-refractivity contribution in [2.75, 3.05) is 32.8 Å². The molecule has 1 aromatic rings. The zero-order valence-electron chi connectivity index (χ0n) is 10.5. The lowest BCUT2D eigenvalue weighted by atomic mass is 9.98. The minimum atomic E-state index is -3.18. The molecule has 0 spiro atoms. The van der Waals surface area contributed by atoms with Crippen molar-refractivity contribution in [3.8, 4) is 0 Å². The minimum absolute atomic E-state index is 0.477. The summed E-state index contributed by atoms with van der Waals surface area (Å²) in [5.41, 5.74) is 0.477. The summed E-state index contributed by atoms with van der Waals surface area (Å²) >= 11 is 5.79. The number of rotatable bonds is 4. The number of hydrogen-bond acceptors (Lipinski definition) is 3. The normalized spacial score (nSPS) is 19.4. The molecule has 1 atom stereocenters. The summed E-state index contributed by atoms with van der Waals surface area (Å²) in [6.07, 6.45) is 0. The number of aliphatic hydroxyl groups is 1. The van der Waals surface area contributed by atoms with Crippen molar-refractivity contribution >= 4 is 11.6 Å². The van der Waals surface area contributed by atoms with Crippen LogP contribution in [0.2, 0.25) is 5.02 Å². The molecule has 19 heavy (non-hydrogen) atoms. The molecule has 1 aromatic carbocycles. The molecule has 1 aliphatic rings. The molecule has 1 saturated heterocycles. The van der Waals surface area contributed by atoms with Crippen molar-refractivity contribution in [3.63, 3.8) is 0 Å². The first-order valence-corrected chi connectivity index (χ1v) is 6.61. The molecule has 1 aliphatic heterocycles. The van der Waals surface area contributed by atoms with Crippen molar-refractivity contribution in [1.29, 1.82) is 0 Å². The standard InChI is InChI=1S/C13H17ClF2N2O/c14-11-3-1-10(2-4-11)12(13(15,16)9-19)18-7-5-17-6-8-18/h1-4,12,17,19H,5-9H2/t12-/m0/s1. The van der Waals surface area contributed by atoms with Gasteiger partial charge in [0, 0.05) is 31.2 Å². The summed E-state index contributed by atoms with van der Waals surface area (Å²) in [5.74, 6) is -3.18. The number of aliphatic hydroxyl groups excluding tert-OH is 1. The highest BCUT2D eigenvalue weighted by Crippen LogP contribution is 2.36. The van der Waals surface area contributed by atoms with Gasteiger partial charge in [-0.1, -0.05) is 23.7 Å². The Morgan fingerprint density at radius 2 is 1.84 bits per heavy atom. The van der Waals surface area contributed by atoms with Crippen LogP contribution >= 0.6 is 11.6 Å². The van der Waals surface area contributed by atoms with E-state index in [9.17, 15) is 8.78 Å². The van der Waals surface area contributed by atoms with Gasteiger partial charge in [0.1, 0.15) is 12.6 Å². The Morgan fingerprint density at radius 3 is 2.37 bits per heavy atom. The zero-order chi connectivity index (χ0) is 13.9. The van der Waals surface area contributed by atoms with Gasteiger partial charge in [-0.25, -0.2) is 8.78 Å². The van der Waals surface area contributed by atoms with Crippen molar-refractivity contribution < 1.29 is 13.9 Å². The number of halogens is 3. The van der Waals surface area contributed by atoms with Crippen LogP contribution in [0.4, 0.5) is 8.78 Å². The van der Waals surface area contributed by atoms with Crippen molar-refractivity contribution in [2.24, 2.45) is 0 Å². The van der Waals surface area contributed by atoms with Crippen LogP contribution in [-0.4, -0.2) is 48.7 Å². The molecular weight excluding hydrogens is 274 g/mol. The average molecular weight is 291 g/mol. The van der Waals surface area contributed by atoms with E-state index in [1.54, 1.807) is 29.2 Å². The van der Waals surface area contributed by atoms with E-state index < -0.39 is 18.6 Å². The molecular formula is C13H17ClF2N2O. The Balaban J connectivity index is 2.30. The van der Waals surface area contributed by atoms with Gasteiger partial charge in [0.25, 0.3) is 5.92 Å². The summed E-state index contributed by atoms with van der Waals surface area (Å²) in [7, 11) is 0. The molecule has 2 N–H and O–H groups in total. The van der Waals surface area contributed by atoms with Gasteiger partial charge in [-0.2, -0.15) is 0 Å². The van der Waals surface area contributed by atoms with Crippen LogP contribution in [0.1, 0.15) is 11.6 Å². The SMILES string of the molecule is OCC(F)(F)[C@H](c1ccc(Cl)cc1)N1CCNCC1. The van der Waals surface area contributed by atoms with E-state index >= 15 is 0 Å². The predicted octanol–water partition coefficient (Wildman–Crippen LogP) is 1.91. The fourth-order valence-electron chi connectivity index (χ4n) is 2.39. The summed E-state index contributed by atoms with van der Waals surface area (Å²) in [6.45, 7) is 1.24. The maximum Gasteiger partial charge on any atom is 0.289 e. The summed E-state index contributed by atoms with van der Waals surface area (Å²) < 4.78 is 28.1. The first-order valence-electron chi connectivity index (χ1n) is 6.23. The third-order valence-electron chi connectivity index (χ3n) is 3.31. The average Bonchev–Trinajstić information content (AvgIpc) is 2.42. The Labute approximate surface area is 116 Å². The molecule has 2 rings (SSSR count). The molecule has 6 heteroatoms. The van der Waals surface area contributed by atoms with E-state index in [-0.39, 0.29) is 0 Å². The molecule has 0 radical (unpaired) electrons. The quantitative estimate of drug-likeness (QED) is 0.889. The maximum absolute atomic E-state index is 14.0. The lowest BCUT2D eigenvalue weighted by molar-refractivity contribution is -0.118. The smallest absolute Gasteiger partial charge is 0.289 e. The second-order valence-electron chi connectivity index (χ2n) is 4.66. The molecule has 1 heterocycles. The van der Waals surface area contributed by atoms with Crippen molar-refractivity contribution in [2.45, 2.75) is 12.0 Å². The van der Waals surface area contributed by atoms with E-state index in [1.165, 1.54) is 0 Å². The Kier molecular flexibility index (Phi) is 4.73. The number of piperazine rings is 1. The van der Waals surface area contributed by atoms with Gasteiger partial charge in [0.2, 0.25) is 0 Å². The third-order valence-corrected chi connectivity index (χ3v) is 3.57. The second kappa shape index (κ2) is 6.13. The molecule has 0 unspecified atom stereocenters. The van der Waals surface area contributed by atoms with E-state index in [1.807, 2.05) is 0 Å². The molecule has 3 nitrogen and oxygen atoms in total. The minimum Gasteiger partial charge on any atom is -0.390 e. The van der Waals surface area contributed by atoms with Gasteiger partial charge in [-0.3, -0.25) is 4.90 Å². The Morgan fingerprint density at radius 1 is 1.26 bits per heavy atom. The fourth-order valence-corrected chi connectivity index (χ4v) is 2.52. The van der Waals surface area contributed by atoms with Crippen LogP contribution in [0.15, 0.2) is 24.3 Å². The topological polar surface area (TPSA) is 35.5 Å². The molecule has 106 valence electrons. The molecule has 0 bridgehead atoms. The van der Waals surface area contributed by atoms with Gasteiger partial charge >= 0.3 is 0 Å². The lowest BCUT2D eigenvalue weighted by Crippen LogP contribution is -2.51. The molecule has 0 saturated carbocycles. The van der Waals surface area contributed by atoms with E-state index in [4.69, 9.17) is 16.7 Å². The number of alkyl halides is 2. The summed E-state index contributed by atoms with van der Waals surface area (Å²) in [4.78, 5) is 1.70. The van der Waals surface area contributed by atoms with Gasteiger partial charge < -0.3 is 10.4 Å². The lowest BCUT2D eigenvalue weighted by Gasteiger charge is -2.38. The number of benzene rings is 1. The van der Waals surface area contributed by atoms with E-state index in [0.29, 0.717) is 36.8 Å². The Hall–Kier alpha value is -0.750. The molecule has 0 aromatic heterocycles. The summed E-state index contributed by atoms with van der Waals surface area (Å²) in [5, 5.41) is 12.6. The van der Waals surface area contributed by atoms with Crippen LogP contribution < -0.4 is 5.32 Å². The second-order valence-corrected chi connectivity index (χ2v) is 5.10.